The lowest BCUT2D eigenvalue weighted by Crippen LogP contribution is -2.47. The van der Waals surface area contributed by atoms with E-state index in [1.807, 2.05) is 15.9 Å². The first kappa shape index (κ1) is 18.1. The van der Waals surface area contributed by atoms with E-state index in [1.54, 1.807) is 18.2 Å². The van der Waals surface area contributed by atoms with Gasteiger partial charge in [-0.05, 0) is 30.3 Å². The van der Waals surface area contributed by atoms with Crippen LogP contribution in [0, 0.1) is 17.5 Å². The fraction of sp³-hybridized carbons (Fsp3) is 0.200. The summed E-state index contributed by atoms with van der Waals surface area (Å²) in [5, 5.41) is 2.60. The molecule has 0 amide bonds. The summed E-state index contributed by atoms with van der Waals surface area (Å²) in [6.07, 6.45) is 1.53. The summed E-state index contributed by atoms with van der Waals surface area (Å²) in [4.78, 5) is 12.4. The van der Waals surface area contributed by atoms with Gasteiger partial charge in [0.15, 0.2) is 0 Å². The van der Waals surface area contributed by atoms with Crippen molar-refractivity contribution in [2.24, 2.45) is 0 Å². The van der Waals surface area contributed by atoms with Crippen molar-refractivity contribution in [3.8, 4) is 0 Å². The third-order valence-corrected chi connectivity index (χ3v) is 4.64. The first-order valence-corrected chi connectivity index (χ1v) is 8.90. The van der Waals surface area contributed by atoms with Gasteiger partial charge in [0.25, 0.3) is 0 Å². The van der Waals surface area contributed by atoms with Gasteiger partial charge in [-0.15, -0.1) is 0 Å². The summed E-state index contributed by atoms with van der Waals surface area (Å²) in [7, 11) is 0. The van der Waals surface area contributed by atoms with Gasteiger partial charge in [-0.2, -0.15) is 4.98 Å². The Hall–Kier alpha value is -3.29. The van der Waals surface area contributed by atoms with Crippen molar-refractivity contribution in [2.45, 2.75) is 0 Å². The fourth-order valence-corrected chi connectivity index (χ4v) is 3.20. The fourth-order valence-electron chi connectivity index (χ4n) is 3.20. The van der Waals surface area contributed by atoms with Crippen molar-refractivity contribution in [3.63, 3.8) is 0 Å². The smallest absolute Gasteiger partial charge is 0.229 e. The Bertz CT molecular complexity index is 953. The molecule has 0 aliphatic carbocycles. The normalized spacial score (nSPS) is 14.2. The van der Waals surface area contributed by atoms with Crippen molar-refractivity contribution in [1.82, 2.24) is 9.97 Å². The van der Waals surface area contributed by atoms with E-state index in [-0.39, 0.29) is 17.5 Å². The van der Waals surface area contributed by atoms with E-state index in [2.05, 4.69) is 15.3 Å². The molecule has 1 N–H and O–H groups in total. The van der Waals surface area contributed by atoms with E-state index in [4.69, 9.17) is 0 Å². The zero-order valence-electron chi connectivity index (χ0n) is 14.9. The SMILES string of the molecule is Fc1ccccc1N1CCN(c2ccnc(Nc3c(F)cccc3F)n2)CC1. The highest BCUT2D eigenvalue weighted by atomic mass is 19.1. The number of hydrogen-bond acceptors (Lipinski definition) is 5. The van der Waals surface area contributed by atoms with E-state index in [9.17, 15) is 13.2 Å². The second kappa shape index (κ2) is 7.75. The molecule has 0 saturated carbocycles. The van der Waals surface area contributed by atoms with Crippen molar-refractivity contribution < 1.29 is 13.2 Å². The van der Waals surface area contributed by atoms with Crippen LogP contribution in [0.1, 0.15) is 0 Å². The Morgan fingerprint density at radius 3 is 2.11 bits per heavy atom. The van der Waals surface area contributed by atoms with Gasteiger partial charge in [-0.3, -0.25) is 0 Å². The van der Waals surface area contributed by atoms with E-state index in [0.717, 1.165) is 12.1 Å². The molecule has 1 aliphatic heterocycles. The van der Waals surface area contributed by atoms with Gasteiger partial charge in [-0.25, -0.2) is 18.2 Å². The predicted molar refractivity (Wildman–Crippen MR) is 102 cm³/mol. The van der Waals surface area contributed by atoms with Crippen LogP contribution in [-0.4, -0.2) is 36.1 Å². The Balaban J connectivity index is 1.46. The summed E-state index contributed by atoms with van der Waals surface area (Å²) in [6.45, 7) is 2.54. The quantitative estimate of drug-likeness (QED) is 0.736. The van der Waals surface area contributed by atoms with Gasteiger partial charge in [0.1, 0.15) is 29.0 Å². The number of benzene rings is 2. The maximum atomic E-state index is 14.0. The van der Waals surface area contributed by atoms with Crippen LogP contribution in [0.3, 0.4) is 0 Å². The summed E-state index contributed by atoms with van der Waals surface area (Å²) in [5.41, 5.74) is 0.297. The van der Waals surface area contributed by atoms with Gasteiger partial charge in [0.05, 0.1) is 5.69 Å². The van der Waals surface area contributed by atoms with Crippen LogP contribution in [0.2, 0.25) is 0 Å². The third-order valence-electron chi connectivity index (χ3n) is 4.64. The van der Waals surface area contributed by atoms with Crippen LogP contribution in [0.15, 0.2) is 54.7 Å². The highest BCUT2D eigenvalue weighted by Gasteiger charge is 2.20. The molecule has 0 radical (unpaired) electrons. The molecule has 1 fully saturated rings. The molecule has 2 heterocycles. The first-order chi connectivity index (χ1) is 13.6. The van der Waals surface area contributed by atoms with Crippen LogP contribution < -0.4 is 15.1 Å². The van der Waals surface area contributed by atoms with Crippen molar-refractivity contribution in [1.29, 1.82) is 0 Å². The minimum Gasteiger partial charge on any atom is -0.366 e. The molecule has 2 aromatic carbocycles. The number of aromatic nitrogens is 2. The van der Waals surface area contributed by atoms with Crippen LogP contribution in [-0.2, 0) is 0 Å². The van der Waals surface area contributed by atoms with E-state index < -0.39 is 11.6 Å². The van der Waals surface area contributed by atoms with E-state index in [0.29, 0.717) is 37.7 Å². The second-order valence-corrected chi connectivity index (χ2v) is 6.39. The number of hydrogen-bond donors (Lipinski definition) is 1. The van der Waals surface area contributed by atoms with Crippen molar-refractivity contribution in [3.05, 3.63) is 72.2 Å². The molecule has 1 aromatic heterocycles. The maximum Gasteiger partial charge on any atom is 0.229 e. The molecule has 8 heteroatoms. The van der Waals surface area contributed by atoms with E-state index in [1.165, 1.54) is 18.3 Å². The van der Waals surface area contributed by atoms with Gasteiger partial charge in [-0.1, -0.05) is 18.2 Å². The van der Waals surface area contributed by atoms with Gasteiger partial charge in [0.2, 0.25) is 5.95 Å². The number of nitrogens with one attached hydrogen (secondary N) is 1. The Morgan fingerprint density at radius 2 is 1.39 bits per heavy atom. The monoisotopic (exact) mass is 385 g/mol. The summed E-state index contributed by atoms with van der Waals surface area (Å²) in [6, 6.07) is 12.1. The number of halogens is 3. The number of para-hydroxylation sites is 2. The zero-order chi connectivity index (χ0) is 19.5. The minimum atomic E-state index is -0.715. The summed E-state index contributed by atoms with van der Waals surface area (Å²) >= 11 is 0. The standard InChI is InChI=1S/C20H18F3N5/c21-14-4-1-2-7-17(14)27-10-12-28(13-11-27)18-8-9-24-20(25-18)26-19-15(22)5-3-6-16(19)23/h1-9H,10-13H2,(H,24,25,26). The molecule has 0 unspecified atom stereocenters. The van der Waals surface area contributed by atoms with Crippen molar-refractivity contribution >= 4 is 23.1 Å². The lowest BCUT2D eigenvalue weighted by molar-refractivity contribution is 0.590. The van der Waals surface area contributed by atoms with Crippen LogP contribution in [0.5, 0.6) is 0 Å². The van der Waals surface area contributed by atoms with Gasteiger partial charge < -0.3 is 15.1 Å². The third kappa shape index (κ3) is 3.71. The molecule has 144 valence electrons. The second-order valence-electron chi connectivity index (χ2n) is 6.39. The Labute approximate surface area is 160 Å². The Morgan fingerprint density at radius 1 is 0.750 bits per heavy atom. The number of rotatable bonds is 4. The maximum absolute atomic E-state index is 14.0. The molecule has 28 heavy (non-hydrogen) atoms. The topological polar surface area (TPSA) is 44.3 Å². The molecular formula is C20H18F3N5. The molecule has 3 aromatic rings. The molecule has 1 saturated heterocycles. The number of piperazine rings is 1. The largest absolute Gasteiger partial charge is 0.366 e. The molecule has 5 nitrogen and oxygen atoms in total. The molecular weight excluding hydrogens is 367 g/mol. The highest BCUT2D eigenvalue weighted by molar-refractivity contribution is 5.57. The first-order valence-electron chi connectivity index (χ1n) is 8.90. The highest BCUT2D eigenvalue weighted by Crippen LogP contribution is 2.24. The van der Waals surface area contributed by atoms with Crippen molar-refractivity contribution in [2.75, 3.05) is 41.3 Å². The molecule has 0 spiro atoms. The summed E-state index contributed by atoms with van der Waals surface area (Å²) < 4.78 is 41.6. The van der Waals surface area contributed by atoms with Gasteiger partial charge >= 0.3 is 0 Å². The Kier molecular flexibility index (Phi) is 5.01. The average Bonchev–Trinajstić information content (AvgIpc) is 2.72. The predicted octanol–water partition coefficient (Wildman–Crippen LogP) is 3.96. The number of nitrogens with zero attached hydrogens (tertiary/aromatic N) is 4. The van der Waals surface area contributed by atoms with Crippen LogP contribution in [0.25, 0.3) is 0 Å². The minimum absolute atomic E-state index is 0.109. The van der Waals surface area contributed by atoms with Crippen LogP contribution in [0.4, 0.5) is 36.3 Å². The molecule has 0 bridgehead atoms. The molecule has 1 aliphatic rings. The zero-order valence-corrected chi connectivity index (χ0v) is 14.9. The molecule has 0 atom stereocenters. The van der Waals surface area contributed by atoms with Gasteiger partial charge in [0, 0.05) is 32.4 Å². The summed E-state index contributed by atoms with van der Waals surface area (Å²) in [5.74, 6) is -0.920. The lowest BCUT2D eigenvalue weighted by Gasteiger charge is -2.36. The average molecular weight is 385 g/mol. The lowest BCUT2D eigenvalue weighted by atomic mass is 10.2. The van der Waals surface area contributed by atoms with E-state index >= 15 is 0 Å². The molecule has 4 rings (SSSR count). The van der Waals surface area contributed by atoms with Crippen LogP contribution >= 0.6 is 0 Å². The number of anilines is 4.